The molecule has 4 rings (SSSR count). The van der Waals surface area contributed by atoms with Gasteiger partial charge in [0.15, 0.2) is 0 Å². The lowest BCUT2D eigenvalue weighted by molar-refractivity contribution is -0.122. The van der Waals surface area contributed by atoms with Crippen molar-refractivity contribution in [3.8, 4) is 5.75 Å². The normalized spacial score (nSPS) is 15.1. The summed E-state index contributed by atoms with van der Waals surface area (Å²) in [4.78, 5) is 38.8. The zero-order valence-electron chi connectivity index (χ0n) is 17.8. The number of hydrogen-bond donors (Lipinski definition) is 1. The van der Waals surface area contributed by atoms with Gasteiger partial charge in [-0.3, -0.25) is 14.9 Å². The van der Waals surface area contributed by atoms with Crippen LogP contribution in [-0.2, 0) is 16.2 Å². The first-order valence-corrected chi connectivity index (χ1v) is 10.2. The third kappa shape index (κ3) is 4.30. The van der Waals surface area contributed by atoms with Gasteiger partial charge >= 0.3 is 6.03 Å². The van der Waals surface area contributed by atoms with Crippen molar-refractivity contribution in [1.29, 1.82) is 0 Å². The number of carbonyl (C=O) groups excluding carboxylic acids is 3. The fourth-order valence-electron chi connectivity index (χ4n) is 3.41. The van der Waals surface area contributed by atoms with Crippen molar-refractivity contribution in [2.75, 3.05) is 4.90 Å². The van der Waals surface area contributed by atoms with Crippen LogP contribution in [0, 0.1) is 13.8 Å². The number of aryl methyl sites for hydroxylation is 2. The van der Waals surface area contributed by atoms with E-state index in [0.29, 0.717) is 23.6 Å². The van der Waals surface area contributed by atoms with Gasteiger partial charge in [-0.15, -0.1) is 0 Å². The number of benzene rings is 3. The molecule has 1 fully saturated rings. The third-order valence-electron chi connectivity index (χ3n) is 5.30. The maximum Gasteiger partial charge on any atom is 0.335 e. The molecular formula is C26H22N2O4. The summed E-state index contributed by atoms with van der Waals surface area (Å²) in [5.41, 5.74) is 4.21. The van der Waals surface area contributed by atoms with Crippen molar-refractivity contribution in [3.05, 3.63) is 101 Å². The van der Waals surface area contributed by atoms with Gasteiger partial charge in [0.25, 0.3) is 11.8 Å². The predicted octanol–water partition coefficient (Wildman–Crippen LogP) is 4.55. The van der Waals surface area contributed by atoms with Crippen molar-refractivity contribution >= 4 is 29.6 Å². The van der Waals surface area contributed by atoms with Crippen molar-refractivity contribution < 1.29 is 19.1 Å². The number of carbonyl (C=O) groups is 3. The number of para-hydroxylation sites is 2. The zero-order chi connectivity index (χ0) is 22.7. The van der Waals surface area contributed by atoms with Gasteiger partial charge in [0, 0.05) is 5.56 Å². The van der Waals surface area contributed by atoms with Gasteiger partial charge in [-0.25, -0.2) is 9.69 Å². The molecule has 1 heterocycles. The Morgan fingerprint density at radius 1 is 0.875 bits per heavy atom. The van der Waals surface area contributed by atoms with Gasteiger partial charge in [-0.1, -0.05) is 54.6 Å². The Labute approximate surface area is 186 Å². The second-order valence-corrected chi connectivity index (χ2v) is 7.54. The number of imide groups is 2. The zero-order valence-corrected chi connectivity index (χ0v) is 17.8. The van der Waals surface area contributed by atoms with E-state index in [0.717, 1.165) is 10.5 Å². The molecular weight excluding hydrogens is 404 g/mol. The van der Waals surface area contributed by atoms with E-state index in [1.165, 1.54) is 17.2 Å². The van der Waals surface area contributed by atoms with E-state index in [-0.39, 0.29) is 5.57 Å². The van der Waals surface area contributed by atoms with Gasteiger partial charge < -0.3 is 4.74 Å². The van der Waals surface area contributed by atoms with Crippen molar-refractivity contribution in [3.63, 3.8) is 0 Å². The standard InChI is InChI=1S/C26H22N2O4/c1-17-12-13-19(14-18(17)2)16-32-23-11-7-6-8-20(23)15-22-24(29)27-26(31)28(25(22)30)21-9-4-3-5-10-21/h3-15H,16H2,1-2H3,(H,27,29,31)/b22-15+. The van der Waals surface area contributed by atoms with Crippen LogP contribution in [0.25, 0.3) is 6.08 Å². The molecule has 1 aliphatic heterocycles. The van der Waals surface area contributed by atoms with E-state index in [1.807, 2.05) is 25.1 Å². The summed E-state index contributed by atoms with van der Waals surface area (Å²) in [6.45, 7) is 4.44. The second kappa shape index (κ2) is 8.89. The minimum absolute atomic E-state index is 0.143. The van der Waals surface area contributed by atoms with E-state index in [2.05, 4.69) is 18.3 Å². The van der Waals surface area contributed by atoms with Crippen molar-refractivity contribution in [2.24, 2.45) is 0 Å². The van der Waals surface area contributed by atoms with Crippen molar-refractivity contribution in [2.45, 2.75) is 20.5 Å². The van der Waals surface area contributed by atoms with E-state index >= 15 is 0 Å². The summed E-state index contributed by atoms with van der Waals surface area (Å²) < 4.78 is 5.99. The van der Waals surface area contributed by atoms with Crippen LogP contribution in [0.5, 0.6) is 5.75 Å². The molecule has 6 nitrogen and oxygen atoms in total. The lowest BCUT2D eigenvalue weighted by Crippen LogP contribution is -2.54. The number of amides is 4. The molecule has 32 heavy (non-hydrogen) atoms. The summed E-state index contributed by atoms with van der Waals surface area (Å²) in [6.07, 6.45) is 1.45. The quantitative estimate of drug-likeness (QED) is 0.480. The summed E-state index contributed by atoms with van der Waals surface area (Å²) in [6, 6.07) is 21.0. The van der Waals surface area contributed by atoms with Crippen LogP contribution < -0.4 is 15.0 Å². The molecule has 6 heteroatoms. The lowest BCUT2D eigenvalue weighted by Gasteiger charge is -2.26. The van der Waals surface area contributed by atoms with Crippen LogP contribution in [0.3, 0.4) is 0 Å². The van der Waals surface area contributed by atoms with E-state index < -0.39 is 17.8 Å². The molecule has 0 unspecified atom stereocenters. The number of nitrogens with one attached hydrogen (secondary N) is 1. The van der Waals surface area contributed by atoms with Crippen LogP contribution >= 0.6 is 0 Å². The minimum atomic E-state index is -0.775. The molecule has 3 aromatic rings. The first-order chi connectivity index (χ1) is 15.4. The summed E-state index contributed by atoms with van der Waals surface area (Å²) in [5, 5.41) is 2.24. The first-order valence-electron chi connectivity index (χ1n) is 10.2. The first kappa shape index (κ1) is 21.1. The number of rotatable bonds is 5. The van der Waals surface area contributed by atoms with Crippen molar-refractivity contribution in [1.82, 2.24) is 5.32 Å². The maximum atomic E-state index is 13.0. The third-order valence-corrected chi connectivity index (χ3v) is 5.30. The van der Waals surface area contributed by atoms with Gasteiger partial charge in [0.1, 0.15) is 17.9 Å². The Hall–Kier alpha value is -4.19. The van der Waals surface area contributed by atoms with E-state index in [9.17, 15) is 14.4 Å². The molecule has 0 saturated carbocycles. The lowest BCUT2D eigenvalue weighted by atomic mass is 10.1. The number of barbiturate groups is 1. The molecule has 0 atom stereocenters. The fourth-order valence-corrected chi connectivity index (χ4v) is 3.41. The molecule has 0 bridgehead atoms. The Morgan fingerprint density at radius 3 is 2.34 bits per heavy atom. The number of urea groups is 1. The summed E-state index contributed by atoms with van der Waals surface area (Å²) >= 11 is 0. The Kier molecular flexibility index (Phi) is 5.85. The topological polar surface area (TPSA) is 75.7 Å². The van der Waals surface area contributed by atoms with Crippen LogP contribution in [-0.4, -0.2) is 17.8 Å². The van der Waals surface area contributed by atoms with E-state index in [1.54, 1.807) is 48.5 Å². The maximum absolute atomic E-state index is 13.0. The Bertz CT molecular complexity index is 1230. The Balaban J connectivity index is 1.62. The van der Waals surface area contributed by atoms with Gasteiger partial charge in [-0.2, -0.15) is 0 Å². The molecule has 0 radical (unpaired) electrons. The minimum Gasteiger partial charge on any atom is -0.488 e. The smallest absolute Gasteiger partial charge is 0.335 e. The molecule has 0 aliphatic carbocycles. The number of ether oxygens (including phenoxy) is 1. The van der Waals surface area contributed by atoms with Gasteiger partial charge in [0.2, 0.25) is 0 Å². The number of hydrogen-bond acceptors (Lipinski definition) is 4. The summed E-state index contributed by atoms with van der Waals surface area (Å²) in [5.74, 6) is -0.896. The molecule has 0 aromatic heterocycles. The highest BCUT2D eigenvalue weighted by atomic mass is 16.5. The molecule has 160 valence electrons. The SMILES string of the molecule is Cc1ccc(COc2ccccc2/C=C2\C(=O)NC(=O)N(c3ccccc3)C2=O)cc1C. The van der Waals surface area contributed by atoms with Crippen LogP contribution in [0.15, 0.2) is 78.4 Å². The Morgan fingerprint density at radius 2 is 1.59 bits per heavy atom. The highest BCUT2D eigenvalue weighted by Crippen LogP contribution is 2.26. The molecule has 3 aromatic carbocycles. The monoisotopic (exact) mass is 426 g/mol. The van der Waals surface area contributed by atoms with Crippen LogP contribution in [0.4, 0.5) is 10.5 Å². The van der Waals surface area contributed by atoms with Gasteiger partial charge in [-0.05, 0) is 54.8 Å². The van der Waals surface area contributed by atoms with E-state index in [4.69, 9.17) is 4.74 Å². The average molecular weight is 426 g/mol. The van der Waals surface area contributed by atoms with Crippen LogP contribution in [0.2, 0.25) is 0 Å². The van der Waals surface area contributed by atoms with Crippen LogP contribution in [0.1, 0.15) is 22.3 Å². The number of nitrogens with zero attached hydrogens (tertiary/aromatic N) is 1. The highest BCUT2D eigenvalue weighted by Gasteiger charge is 2.36. The number of anilines is 1. The summed E-state index contributed by atoms with van der Waals surface area (Å²) in [7, 11) is 0. The molecule has 1 aliphatic rings. The second-order valence-electron chi connectivity index (χ2n) is 7.54. The molecule has 4 amide bonds. The molecule has 0 spiro atoms. The predicted molar refractivity (Wildman–Crippen MR) is 122 cm³/mol. The molecule has 1 saturated heterocycles. The van der Waals surface area contributed by atoms with Gasteiger partial charge in [0.05, 0.1) is 5.69 Å². The fraction of sp³-hybridized carbons (Fsp3) is 0.115. The average Bonchev–Trinajstić information content (AvgIpc) is 2.78. The highest BCUT2D eigenvalue weighted by molar-refractivity contribution is 6.39. The molecule has 1 N–H and O–H groups in total. The largest absolute Gasteiger partial charge is 0.488 e.